The van der Waals surface area contributed by atoms with Crippen molar-refractivity contribution in [3.8, 4) is 0 Å². The number of pyridine rings is 1. The fraction of sp³-hybridized carbons (Fsp3) is 0.182. The van der Waals surface area contributed by atoms with Crippen LogP contribution in [0.2, 0.25) is 0 Å². The summed E-state index contributed by atoms with van der Waals surface area (Å²) in [6.07, 6.45) is 6.62. The maximum absolute atomic E-state index is 11.5. The van der Waals surface area contributed by atoms with Crippen molar-refractivity contribution in [2.45, 2.75) is 0 Å². The zero-order valence-electron chi connectivity index (χ0n) is 8.59. The molecule has 0 saturated carbocycles. The van der Waals surface area contributed by atoms with Crippen LogP contribution in [-0.4, -0.2) is 28.4 Å². The number of hydrogen-bond donors (Lipinski definition) is 1. The Morgan fingerprint density at radius 3 is 2.94 bits per heavy atom. The molecule has 0 unspecified atom stereocenters. The third-order valence-electron chi connectivity index (χ3n) is 1.95. The van der Waals surface area contributed by atoms with Gasteiger partial charge < -0.3 is 5.32 Å². The molecular weight excluding hydrogens is 222 g/mol. The summed E-state index contributed by atoms with van der Waals surface area (Å²) in [4.78, 5) is 19.5. The highest BCUT2D eigenvalue weighted by atomic mass is 32.2. The van der Waals surface area contributed by atoms with Crippen LogP contribution < -0.4 is 5.32 Å². The van der Waals surface area contributed by atoms with Crippen LogP contribution in [0.15, 0.2) is 35.6 Å². The molecule has 1 aliphatic rings. The third-order valence-corrected chi connectivity index (χ3v) is 2.84. The van der Waals surface area contributed by atoms with Gasteiger partial charge in [0.05, 0.1) is 6.54 Å². The van der Waals surface area contributed by atoms with E-state index in [2.05, 4.69) is 15.3 Å². The Kier molecular flexibility index (Phi) is 3.71. The van der Waals surface area contributed by atoms with Crippen LogP contribution >= 0.6 is 11.8 Å². The lowest BCUT2D eigenvalue weighted by molar-refractivity contribution is -0.115. The van der Waals surface area contributed by atoms with Gasteiger partial charge in [0.1, 0.15) is 0 Å². The SMILES string of the molecule is O=C(/C=C/c1ccncc1)NC1=NCCS1. The molecule has 5 heteroatoms. The van der Waals surface area contributed by atoms with Crippen molar-refractivity contribution in [1.29, 1.82) is 0 Å². The van der Waals surface area contributed by atoms with E-state index in [1.807, 2.05) is 12.1 Å². The van der Waals surface area contributed by atoms with E-state index in [9.17, 15) is 4.79 Å². The summed E-state index contributed by atoms with van der Waals surface area (Å²) in [5.41, 5.74) is 0.950. The summed E-state index contributed by atoms with van der Waals surface area (Å²) in [6, 6.07) is 3.68. The molecule has 0 aromatic carbocycles. The number of hydrogen-bond acceptors (Lipinski definition) is 4. The first kappa shape index (κ1) is 10.9. The van der Waals surface area contributed by atoms with E-state index in [0.717, 1.165) is 17.9 Å². The highest BCUT2D eigenvalue weighted by Crippen LogP contribution is 2.08. The maximum Gasteiger partial charge on any atom is 0.249 e. The number of carbonyl (C=O) groups is 1. The Hall–Kier alpha value is -1.62. The van der Waals surface area contributed by atoms with Crippen LogP contribution in [0.3, 0.4) is 0 Å². The topological polar surface area (TPSA) is 54.4 Å². The summed E-state index contributed by atoms with van der Waals surface area (Å²) in [7, 11) is 0. The van der Waals surface area contributed by atoms with Gasteiger partial charge in [0.15, 0.2) is 5.17 Å². The number of aromatic nitrogens is 1. The Labute approximate surface area is 97.9 Å². The smallest absolute Gasteiger partial charge is 0.249 e. The first-order chi connectivity index (χ1) is 7.84. The van der Waals surface area contributed by atoms with E-state index in [-0.39, 0.29) is 5.91 Å². The second kappa shape index (κ2) is 5.46. The molecule has 0 radical (unpaired) electrons. The lowest BCUT2D eigenvalue weighted by Gasteiger charge is -1.98. The molecule has 1 N–H and O–H groups in total. The highest BCUT2D eigenvalue weighted by Gasteiger charge is 2.08. The molecule has 16 heavy (non-hydrogen) atoms. The van der Waals surface area contributed by atoms with Gasteiger partial charge in [0.2, 0.25) is 5.91 Å². The average Bonchev–Trinajstić information content (AvgIpc) is 2.81. The zero-order chi connectivity index (χ0) is 11.2. The van der Waals surface area contributed by atoms with Gasteiger partial charge in [-0.15, -0.1) is 0 Å². The van der Waals surface area contributed by atoms with E-state index in [4.69, 9.17) is 0 Å². The molecule has 0 bridgehead atoms. The van der Waals surface area contributed by atoms with Crippen molar-refractivity contribution < 1.29 is 4.79 Å². The molecule has 82 valence electrons. The summed E-state index contributed by atoms with van der Waals surface area (Å²) in [5, 5.41) is 3.43. The second-order valence-electron chi connectivity index (χ2n) is 3.14. The molecule has 0 spiro atoms. The van der Waals surface area contributed by atoms with Gasteiger partial charge in [-0.1, -0.05) is 11.8 Å². The van der Waals surface area contributed by atoms with Gasteiger partial charge in [-0.25, -0.2) is 0 Å². The Balaban J connectivity index is 1.89. The van der Waals surface area contributed by atoms with E-state index >= 15 is 0 Å². The first-order valence-corrected chi connectivity index (χ1v) is 5.89. The van der Waals surface area contributed by atoms with Gasteiger partial charge >= 0.3 is 0 Å². The number of carbonyl (C=O) groups excluding carboxylic acids is 1. The van der Waals surface area contributed by atoms with Gasteiger partial charge in [-0.05, 0) is 23.8 Å². The number of aliphatic imine (C=N–C) groups is 1. The van der Waals surface area contributed by atoms with Crippen molar-refractivity contribution in [2.24, 2.45) is 4.99 Å². The molecule has 1 aromatic rings. The number of rotatable bonds is 2. The molecule has 1 aliphatic heterocycles. The van der Waals surface area contributed by atoms with Crippen molar-refractivity contribution in [1.82, 2.24) is 10.3 Å². The van der Waals surface area contributed by atoms with Crippen molar-refractivity contribution >= 4 is 28.9 Å². The molecule has 2 rings (SSSR count). The van der Waals surface area contributed by atoms with Gasteiger partial charge in [0.25, 0.3) is 0 Å². The average molecular weight is 233 g/mol. The quantitative estimate of drug-likeness (QED) is 0.784. The van der Waals surface area contributed by atoms with Crippen LogP contribution in [0.1, 0.15) is 5.56 Å². The van der Waals surface area contributed by atoms with E-state index in [0.29, 0.717) is 5.17 Å². The summed E-state index contributed by atoms with van der Waals surface area (Å²) < 4.78 is 0. The standard InChI is InChI=1S/C11H11N3OS/c15-10(14-11-13-7-8-16-11)2-1-9-3-5-12-6-4-9/h1-6H,7-8H2,(H,13,14,15)/b2-1+. The van der Waals surface area contributed by atoms with Crippen LogP contribution in [0, 0.1) is 0 Å². The number of amidine groups is 1. The van der Waals surface area contributed by atoms with Gasteiger partial charge in [0, 0.05) is 24.2 Å². The third kappa shape index (κ3) is 3.20. The van der Waals surface area contributed by atoms with Gasteiger partial charge in [-0.2, -0.15) is 0 Å². The molecule has 4 nitrogen and oxygen atoms in total. The predicted molar refractivity (Wildman–Crippen MR) is 66.2 cm³/mol. The Morgan fingerprint density at radius 2 is 2.25 bits per heavy atom. The maximum atomic E-state index is 11.5. The van der Waals surface area contributed by atoms with Crippen LogP contribution in [0.5, 0.6) is 0 Å². The van der Waals surface area contributed by atoms with E-state index < -0.39 is 0 Å². The minimum Gasteiger partial charge on any atom is -0.302 e. The number of nitrogens with zero attached hydrogens (tertiary/aromatic N) is 2. The van der Waals surface area contributed by atoms with Crippen LogP contribution in [0.25, 0.3) is 6.08 Å². The molecule has 0 atom stereocenters. The number of thioether (sulfide) groups is 1. The largest absolute Gasteiger partial charge is 0.302 e. The van der Waals surface area contributed by atoms with Crippen LogP contribution in [-0.2, 0) is 4.79 Å². The van der Waals surface area contributed by atoms with Gasteiger partial charge in [-0.3, -0.25) is 14.8 Å². The Bertz CT molecular complexity index is 428. The summed E-state index contributed by atoms with van der Waals surface area (Å²) in [5.74, 6) is 0.800. The van der Waals surface area contributed by atoms with Crippen LogP contribution in [0.4, 0.5) is 0 Å². The second-order valence-corrected chi connectivity index (χ2v) is 4.22. The fourth-order valence-electron chi connectivity index (χ4n) is 1.20. The molecular formula is C11H11N3OS. The molecule has 0 saturated heterocycles. The fourth-order valence-corrected chi connectivity index (χ4v) is 1.94. The number of nitrogens with one attached hydrogen (secondary N) is 1. The summed E-state index contributed by atoms with van der Waals surface area (Å²) >= 11 is 1.57. The summed E-state index contributed by atoms with van der Waals surface area (Å²) in [6.45, 7) is 0.786. The highest BCUT2D eigenvalue weighted by molar-refractivity contribution is 8.14. The molecule has 1 aromatic heterocycles. The predicted octanol–water partition coefficient (Wildman–Crippen LogP) is 1.31. The lowest BCUT2D eigenvalue weighted by atomic mass is 10.2. The minimum absolute atomic E-state index is 0.148. The van der Waals surface area contributed by atoms with Crippen molar-refractivity contribution in [3.05, 3.63) is 36.2 Å². The Morgan fingerprint density at radius 1 is 1.44 bits per heavy atom. The zero-order valence-corrected chi connectivity index (χ0v) is 9.41. The normalized spacial score (nSPS) is 15.1. The molecule has 1 amide bonds. The minimum atomic E-state index is -0.148. The van der Waals surface area contributed by atoms with E-state index in [1.54, 1.807) is 30.2 Å². The molecule has 2 heterocycles. The lowest BCUT2D eigenvalue weighted by Crippen LogP contribution is -2.25. The van der Waals surface area contributed by atoms with Crippen molar-refractivity contribution in [3.63, 3.8) is 0 Å². The molecule has 0 aliphatic carbocycles. The monoisotopic (exact) mass is 233 g/mol. The van der Waals surface area contributed by atoms with E-state index in [1.165, 1.54) is 6.08 Å². The number of amides is 1. The van der Waals surface area contributed by atoms with Crippen molar-refractivity contribution in [2.75, 3.05) is 12.3 Å². The first-order valence-electron chi connectivity index (χ1n) is 4.91. The molecule has 0 fully saturated rings.